The van der Waals surface area contributed by atoms with Crippen molar-refractivity contribution in [2.45, 2.75) is 38.6 Å². The summed E-state index contributed by atoms with van der Waals surface area (Å²) in [6.07, 6.45) is 6.27. The molecule has 1 aliphatic heterocycles. The Morgan fingerprint density at radius 1 is 1.25 bits per heavy atom. The van der Waals surface area contributed by atoms with Gasteiger partial charge in [0.15, 0.2) is 0 Å². The molecule has 86 valence electrons. The van der Waals surface area contributed by atoms with E-state index in [1.165, 1.54) is 54.9 Å². The molecule has 1 aromatic heterocycles. The van der Waals surface area contributed by atoms with E-state index < -0.39 is 0 Å². The lowest BCUT2D eigenvalue weighted by atomic mass is 10.1. The molecule has 0 unspecified atom stereocenters. The molecule has 0 spiro atoms. The molecule has 1 fully saturated rings. The van der Waals surface area contributed by atoms with Crippen molar-refractivity contribution in [2.75, 3.05) is 13.1 Å². The number of thiazole rings is 1. The molecular weight excluding hydrogens is 216 g/mol. The molecule has 0 aromatic carbocycles. The van der Waals surface area contributed by atoms with Crippen molar-refractivity contribution in [3.63, 3.8) is 0 Å². The molecule has 2 nitrogen and oxygen atoms in total. The fraction of sp³-hybridized carbons (Fsp3) is 0.615. The third kappa shape index (κ3) is 2.06. The third-order valence-electron chi connectivity index (χ3n) is 3.45. The lowest BCUT2D eigenvalue weighted by Crippen LogP contribution is -2.30. The van der Waals surface area contributed by atoms with E-state index in [4.69, 9.17) is 4.98 Å². The van der Waals surface area contributed by atoms with Gasteiger partial charge in [-0.05, 0) is 38.6 Å². The Morgan fingerprint density at radius 3 is 3.00 bits per heavy atom. The van der Waals surface area contributed by atoms with Crippen LogP contribution in [0.15, 0.2) is 12.2 Å². The third-order valence-corrected chi connectivity index (χ3v) is 4.59. The number of rotatable bonds is 2. The maximum atomic E-state index is 4.76. The van der Waals surface area contributed by atoms with Gasteiger partial charge in [-0.2, -0.15) is 0 Å². The molecule has 0 atom stereocenters. The molecule has 2 aliphatic rings. The van der Waals surface area contributed by atoms with E-state index in [2.05, 4.69) is 11.5 Å². The summed E-state index contributed by atoms with van der Waals surface area (Å²) in [5.41, 5.74) is 2.77. The first-order valence-electron chi connectivity index (χ1n) is 6.18. The van der Waals surface area contributed by atoms with Gasteiger partial charge in [-0.25, -0.2) is 4.98 Å². The first kappa shape index (κ1) is 10.5. The van der Waals surface area contributed by atoms with Crippen molar-refractivity contribution in [1.29, 1.82) is 0 Å². The van der Waals surface area contributed by atoms with Gasteiger partial charge < -0.3 is 0 Å². The summed E-state index contributed by atoms with van der Waals surface area (Å²) >= 11 is 1.93. The molecule has 1 aromatic rings. The van der Waals surface area contributed by atoms with Crippen LogP contribution in [0, 0.1) is 0 Å². The predicted molar refractivity (Wildman–Crippen MR) is 67.8 cm³/mol. The number of aryl methyl sites for hydroxylation is 2. The summed E-state index contributed by atoms with van der Waals surface area (Å²) in [6, 6.07) is 0. The van der Waals surface area contributed by atoms with E-state index >= 15 is 0 Å². The van der Waals surface area contributed by atoms with Gasteiger partial charge in [-0.3, -0.25) is 4.90 Å². The number of nitrogens with zero attached hydrogens (tertiary/aromatic N) is 2. The van der Waals surface area contributed by atoms with Gasteiger partial charge in [0, 0.05) is 11.4 Å². The Labute approximate surface area is 101 Å². The Morgan fingerprint density at radius 2 is 2.19 bits per heavy atom. The zero-order valence-corrected chi connectivity index (χ0v) is 10.5. The SMILES string of the molecule is C=C1CCCN(Cc2nc3c(s2)CCC3)C1. The number of fused-ring (bicyclic) bond motifs is 1. The predicted octanol–water partition coefficient (Wildman–Crippen LogP) is 2.78. The zero-order chi connectivity index (χ0) is 11.0. The zero-order valence-electron chi connectivity index (χ0n) is 9.67. The van der Waals surface area contributed by atoms with Gasteiger partial charge in [0.25, 0.3) is 0 Å². The first-order valence-corrected chi connectivity index (χ1v) is 6.99. The topological polar surface area (TPSA) is 16.1 Å². The van der Waals surface area contributed by atoms with Gasteiger partial charge in [0.05, 0.1) is 12.2 Å². The molecule has 1 saturated heterocycles. The van der Waals surface area contributed by atoms with E-state index in [-0.39, 0.29) is 0 Å². The maximum Gasteiger partial charge on any atom is 0.107 e. The van der Waals surface area contributed by atoms with Crippen LogP contribution in [0.4, 0.5) is 0 Å². The minimum absolute atomic E-state index is 1.04. The lowest BCUT2D eigenvalue weighted by molar-refractivity contribution is 0.258. The Hall–Kier alpha value is -0.670. The summed E-state index contributed by atoms with van der Waals surface area (Å²) in [4.78, 5) is 8.79. The Bertz CT molecular complexity index is 387. The first-order chi connectivity index (χ1) is 7.81. The molecule has 0 radical (unpaired) electrons. The van der Waals surface area contributed by atoms with E-state index in [0.29, 0.717) is 0 Å². The fourth-order valence-electron chi connectivity index (χ4n) is 2.66. The van der Waals surface area contributed by atoms with Gasteiger partial charge in [0.1, 0.15) is 5.01 Å². The van der Waals surface area contributed by atoms with E-state index in [0.717, 1.165) is 13.1 Å². The van der Waals surface area contributed by atoms with Gasteiger partial charge >= 0.3 is 0 Å². The molecule has 2 heterocycles. The molecule has 0 amide bonds. The van der Waals surface area contributed by atoms with Crippen molar-refractivity contribution in [3.8, 4) is 0 Å². The maximum absolute atomic E-state index is 4.76. The number of likely N-dealkylation sites (tertiary alicyclic amines) is 1. The van der Waals surface area contributed by atoms with Crippen LogP contribution in [0.5, 0.6) is 0 Å². The van der Waals surface area contributed by atoms with Crippen molar-refractivity contribution in [2.24, 2.45) is 0 Å². The minimum atomic E-state index is 1.04. The molecule has 0 saturated carbocycles. The lowest BCUT2D eigenvalue weighted by Gasteiger charge is -2.27. The highest BCUT2D eigenvalue weighted by atomic mass is 32.1. The van der Waals surface area contributed by atoms with Crippen LogP contribution in [0.2, 0.25) is 0 Å². The average Bonchev–Trinajstić information content (AvgIpc) is 2.77. The molecule has 3 rings (SSSR count). The molecule has 0 bridgehead atoms. The van der Waals surface area contributed by atoms with Crippen LogP contribution in [-0.2, 0) is 19.4 Å². The second-order valence-corrected chi connectivity index (χ2v) is 6.06. The van der Waals surface area contributed by atoms with E-state index in [1.54, 1.807) is 4.88 Å². The number of aromatic nitrogens is 1. The van der Waals surface area contributed by atoms with Crippen molar-refractivity contribution in [3.05, 3.63) is 27.7 Å². The van der Waals surface area contributed by atoms with Crippen LogP contribution in [-0.4, -0.2) is 23.0 Å². The second-order valence-electron chi connectivity index (χ2n) is 4.90. The summed E-state index contributed by atoms with van der Waals surface area (Å²) in [5, 5.41) is 1.32. The number of piperidine rings is 1. The number of hydrogen-bond donors (Lipinski definition) is 0. The molecule has 16 heavy (non-hydrogen) atoms. The van der Waals surface area contributed by atoms with Gasteiger partial charge in [-0.15, -0.1) is 11.3 Å². The summed E-state index contributed by atoms with van der Waals surface area (Å²) in [7, 11) is 0. The standard InChI is InChI=1S/C13H18N2S/c1-10-4-3-7-15(8-10)9-13-14-11-5-2-6-12(11)16-13/h1-9H2. The summed E-state index contributed by atoms with van der Waals surface area (Å²) in [5.74, 6) is 0. The second kappa shape index (κ2) is 4.30. The van der Waals surface area contributed by atoms with Gasteiger partial charge in [0.2, 0.25) is 0 Å². The summed E-state index contributed by atoms with van der Waals surface area (Å²) in [6.45, 7) is 7.42. The van der Waals surface area contributed by atoms with Crippen LogP contribution >= 0.6 is 11.3 Å². The molecule has 0 N–H and O–H groups in total. The van der Waals surface area contributed by atoms with Crippen molar-refractivity contribution >= 4 is 11.3 Å². The minimum Gasteiger partial charge on any atom is -0.293 e. The monoisotopic (exact) mass is 234 g/mol. The van der Waals surface area contributed by atoms with Gasteiger partial charge in [-0.1, -0.05) is 12.2 Å². The molecule has 3 heteroatoms. The highest BCUT2D eigenvalue weighted by Crippen LogP contribution is 2.28. The Kier molecular flexibility index (Phi) is 2.82. The van der Waals surface area contributed by atoms with Crippen molar-refractivity contribution < 1.29 is 0 Å². The van der Waals surface area contributed by atoms with E-state index in [9.17, 15) is 0 Å². The van der Waals surface area contributed by atoms with Crippen LogP contribution in [0.1, 0.15) is 34.8 Å². The molecular formula is C13H18N2S. The highest BCUT2D eigenvalue weighted by Gasteiger charge is 2.19. The van der Waals surface area contributed by atoms with E-state index in [1.807, 2.05) is 11.3 Å². The highest BCUT2D eigenvalue weighted by molar-refractivity contribution is 7.11. The number of hydrogen-bond acceptors (Lipinski definition) is 3. The normalized spacial score (nSPS) is 21.4. The Balaban J connectivity index is 1.67. The average molecular weight is 234 g/mol. The summed E-state index contributed by atoms with van der Waals surface area (Å²) < 4.78 is 0. The van der Waals surface area contributed by atoms with Crippen LogP contribution in [0.25, 0.3) is 0 Å². The quantitative estimate of drug-likeness (QED) is 0.732. The van der Waals surface area contributed by atoms with Crippen LogP contribution < -0.4 is 0 Å². The van der Waals surface area contributed by atoms with Crippen LogP contribution in [0.3, 0.4) is 0 Å². The van der Waals surface area contributed by atoms with Crippen molar-refractivity contribution in [1.82, 2.24) is 9.88 Å². The smallest absolute Gasteiger partial charge is 0.107 e. The largest absolute Gasteiger partial charge is 0.293 e. The molecule has 1 aliphatic carbocycles. The fourth-order valence-corrected chi connectivity index (χ4v) is 3.86.